The van der Waals surface area contributed by atoms with Gasteiger partial charge in [-0.2, -0.15) is 0 Å². The summed E-state index contributed by atoms with van der Waals surface area (Å²) in [5, 5.41) is 3.89. The fraction of sp³-hybridized carbons (Fsp3) is 1.00. The lowest BCUT2D eigenvalue weighted by Gasteiger charge is -2.41. The third kappa shape index (κ3) is 3.95. The topological polar surface area (TPSA) is 15.3 Å². The first-order chi connectivity index (χ1) is 9.20. The van der Waals surface area contributed by atoms with Crippen LogP contribution < -0.4 is 5.32 Å². The zero-order valence-corrected chi connectivity index (χ0v) is 12.9. The van der Waals surface area contributed by atoms with Gasteiger partial charge in [0, 0.05) is 25.2 Å². The summed E-state index contributed by atoms with van der Waals surface area (Å²) >= 11 is 0. The van der Waals surface area contributed by atoms with Gasteiger partial charge in [0.2, 0.25) is 0 Å². The molecule has 3 fully saturated rings. The average Bonchev–Trinajstić information content (AvgIpc) is 3.10. The second-order valence-corrected chi connectivity index (χ2v) is 7.73. The van der Waals surface area contributed by atoms with Crippen LogP contribution in [0.1, 0.15) is 58.8 Å². The number of likely N-dealkylation sites (tertiary alicyclic amines) is 1. The highest BCUT2D eigenvalue weighted by molar-refractivity contribution is 4.89. The second-order valence-electron chi connectivity index (χ2n) is 7.73. The van der Waals surface area contributed by atoms with E-state index in [1.54, 1.807) is 0 Å². The Morgan fingerprint density at radius 1 is 1.00 bits per heavy atom. The van der Waals surface area contributed by atoms with Gasteiger partial charge in [-0.25, -0.2) is 0 Å². The summed E-state index contributed by atoms with van der Waals surface area (Å²) in [5.74, 6) is 3.04. The number of nitrogens with one attached hydrogen (secondary N) is 1. The highest BCUT2D eigenvalue weighted by Gasteiger charge is 2.33. The van der Waals surface area contributed by atoms with Gasteiger partial charge in [-0.15, -0.1) is 0 Å². The van der Waals surface area contributed by atoms with E-state index in [-0.39, 0.29) is 0 Å². The highest BCUT2D eigenvalue weighted by atomic mass is 15.2. The van der Waals surface area contributed by atoms with Crippen molar-refractivity contribution in [3.63, 3.8) is 0 Å². The molecule has 110 valence electrons. The smallest absolute Gasteiger partial charge is 0.0198 e. The van der Waals surface area contributed by atoms with Gasteiger partial charge in [0.15, 0.2) is 0 Å². The molecule has 1 aliphatic heterocycles. The fourth-order valence-corrected chi connectivity index (χ4v) is 3.84. The maximum Gasteiger partial charge on any atom is 0.0198 e. The van der Waals surface area contributed by atoms with E-state index in [1.165, 1.54) is 64.6 Å². The molecule has 1 saturated heterocycles. The van der Waals surface area contributed by atoms with Crippen LogP contribution in [-0.4, -0.2) is 36.6 Å². The highest BCUT2D eigenvalue weighted by Crippen LogP contribution is 2.38. The first-order valence-electron chi connectivity index (χ1n) is 8.68. The van der Waals surface area contributed by atoms with Crippen molar-refractivity contribution < 1.29 is 0 Å². The van der Waals surface area contributed by atoms with Gasteiger partial charge in [0.05, 0.1) is 0 Å². The van der Waals surface area contributed by atoms with E-state index in [2.05, 4.69) is 24.1 Å². The maximum absolute atomic E-state index is 3.89. The Morgan fingerprint density at radius 3 is 2.37 bits per heavy atom. The molecule has 2 unspecified atom stereocenters. The predicted octanol–water partition coefficient (Wildman–Crippen LogP) is 3.28. The molecule has 2 atom stereocenters. The third-order valence-electron chi connectivity index (χ3n) is 5.58. The Bertz CT molecular complexity index is 281. The summed E-state index contributed by atoms with van der Waals surface area (Å²) in [6.45, 7) is 8.65. The molecule has 0 aromatic carbocycles. The molecule has 2 aliphatic carbocycles. The van der Waals surface area contributed by atoms with Gasteiger partial charge < -0.3 is 5.32 Å². The van der Waals surface area contributed by atoms with E-state index < -0.39 is 0 Å². The molecular weight excluding hydrogens is 232 g/mol. The summed E-state index contributed by atoms with van der Waals surface area (Å²) in [5.41, 5.74) is 0. The van der Waals surface area contributed by atoms with Crippen molar-refractivity contribution in [3.8, 4) is 0 Å². The standard InChI is InChI=1S/C17H32N2/c1-13(2)19-11-16(8-14-6-7-14)9-17(12-19)18-10-15-4-3-5-15/h13-18H,3-12H2,1-2H3. The fourth-order valence-electron chi connectivity index (χ4n) is 3.84. The van der Waals surface area contributed by atoms with Crippen molar-refractivity contribution in [3.05, 3.63) is 0 Å². The molecule has 0 amide bonds. The van der Waals surface area contributed by atoms with Crippen molar-refractivity contribution in [2.24, 2.45) is 17.8 Å². The SMILES string of the molecule is CC(C)N1CC(CC2CC2)CC(NCC2CCC2)C1. The zero-order valence-electron chi connectivity index (χ0n) is 12.9. The zero-order chi connectivity index (χ0) is 13.2. The Labute approximate surface area is 119 Å². The Morgan fingerprint density at radius 2 is 1.79 bits per heavy atom. The largest absolute Gasteiger partial charge is 0.312 e. The minimum atomic E-state index is 0.718. The summed E-state index contributed by atoms with van der Waals surface area (Å²) < 4.78 is 0. The van der Waals surface area contributed by atoms with Crippen LogP contribution in [0.5, 0.6) is 0 Å². The minimum Gasteiger partial charge on any atom is -0.312 e. The quantitative estimate of drug-likeness (QED) is 0.792. The molecule has 2 heteroatoms. The molecular formula is C17H32N2. The van der Waals surface area contributed by atoms with Crippen LogP contribution in [-0.2, 0) is 0 Å². The molecule has 0 spiro atoms. The van der Waals surface area contributed by atoms with Crippen LogP contribution >= 0.6 is 0 Å². The number of piperidine rings is 1. The molecule has 1 heterocycles. The Kier molecular flexibility index (Phi) is 4.48. The van der Waals surface area contributed by atoms with Crippen LogP contribution in [0.4, 0.5) is 0 Å². The lowest BCUT2D eigenvalue weighted by atomic mass is 9.84. The molecule has 19 heavy (non-hydrogen) atoms. The van der Waals surface area contributed by atoms with Crippen molar-refractivity contribution in [1.29, 1.82) is 0 Å². The predicted molar refractivity (Wildman–Crippen MR) is 81.3 cm³/mol. The van der Waals surface area contributed by atoms with Crippen molar-refractivity contribution in [1.82, 2.24) is 10.2 Å². The Balaban J connectivity index is 1.48. The molecule has 0 aromatic heterocycles. The van der Waals surface area contributed by atoms with Crippen molar-refractivity contribution >= 4 is 0 Å². The molecule has 2 saturated carbocycles. The number of rotatable bonds is 6. The second kappa shape index (κ2) is 6.13. The van der Waals surface area contributed by atoms with Crippen LogP contribution in [0.3, 0.4) is 0 Å². The molecule has 0 aromatic rings. The first kappa shape index (κ1) is 13.9. The lowest BCUT2D eigenvalue weighted by molar-refractivity contribution is 0.101. The lowest BCUT2D eigenvalue weighted by Crippen LogP contribution is -2.52. The van der Waals surface area contributed by atoms with E-state index in [4.69, 9.17) is 0 Å². The number of nitrogens with zero attached hydrogens (tertiary/aromatic N) is 1. The van der Waals surface area contributed by atoms with Gasteiger partial charge >= 0.3 is 0 Å². The monoisotopic (exact) mass is 264 g/mol. The van der Waals surface area contributed by atoms with Gasteiger partial charge in [-0.1, -0.05) is 19.3 Å². The summed E-state index contributed by atoms with van der Waals surface area (Å²) in [7, 11) is 0. The number of hydrogen-bond donors (Lipinski definition) is 1. The van der Waals surface area contributed by atoms with E-state index in [1.807, 2.05) is 0 Å². The minimum absolute atomic E-state index is 0.718. The van der Waals surface area contributed by atoms with E-state index in [9.17, 15) is 0 Å². The van der Waals surface area contributed by atoms with Crippen LogP contribution in [0.2, 0.25) is 0 Å². The van der Waals surface area contributed by atoms with Crippen molar-refractivity contribution in [2.75, 3.05) is 19.6 Å². The van der Waals surface area contributed by atoms with E-state index in [0.29, 0.717) is 0 Å². The normalized spacial score (nSPS) is 33.6. The molecule has 2 nitrogen and oxygen atoms in total. The van der Waals surface area contributed by atoms with Crippen LogP contribution in [0.25, 0.3) is 0 Å². The molecule has 3 aliphatic rings. The average molecular weight is 264 g/mol. The first-order valence-corrected chi connectivity index (χ1v) is 8.68. The molecule has 0 radical (unpaired) electrons. The third-order valence-corrected chi connectivity index (χ3v) is 5.58. The van der Waals surface area contributed by atoms with Gasteiger partial charge in [-0.05, 0) is 63.8 Å². The number of hydrogen-bond acceptors (Lipinski definition) is 2. The van der Waals surface area contributed by atoms with Gasteiger partial charge in [0.25, 0.3) is 0 Å². The Hall–Kier alpha value is -0.0800. The van der Waals surface area contributed by atoms with Gasteiger partial charge in [-0.3, -0.25) is 4.90 Å². The molecule has 0 bridgehead atoms. The summed E-state index contributed by atoms with van der Waals surface area (Å²) in [4.78, 5) is 2.72. The van der Waals surface area contributed by atoms with Crippen molar-refractivity contribution in [2.45, 2.75) is 70.9 Å². The maximum atomic E-state index is 3.89. The molecule has 1 N–H and O–H groups in total. The molecule has 3 rings (SSSR count). The van der Waals surface area contributed by atoms with Crippen LogP contribution in [0.15, 0.2) is 0 Å². The van der Waals surface area contributed by atoms with E-state index in [0.717, 1.165) is 29.8 Å². The van der Waals surface area contributed by atoms with Crippen LogP contribution in [0, 0.1) is 17.8 Å². The van der Waals surface area contributed by atoms with Gasteiger partial charge in [0.1, 0.15) is 0 Å². The van der Waals surface area contributed by atoms with E-state index >= 15 is 0 Å². The summed E-state index contributed by atoms with van der Waals surface area (Å²) in [6, 6.07) is 1.48. The summed E-state index contributed by atoms with van der Waals surface area (Å²) in [6.07, 6.45) is 10.4.